The van der Waals surface area contributed by atoms with E-state index in [1.54, 1.807) is 24.2 Å². The third-order valence-corrected chi connectivity index (χ3v) is 5.20. The van der Waals surface area contributed by atoms with Gasteiger partial charge in [0.25, 0.3) is 0 Å². The Labute approximate surface area is 157 Å². The average molecular weight is 366 g/mol. The van der Waals surface area contributed by atoms with E-state index >= 15 is 0 Å². The summed E-state index contributed by atoms with van der Waals surface area (Å²) in [5, 5.41) is 7.18. The Hall–Kier alpha value is -2.60. The minimum absolute atomic E-state index is 0.0229. The number of rotatable bonds is 8. The minimum atomic E-state index is -0.142. The van der Waals surface area contributed by atoms with Crippen LogP contribution in [0.2, 0.25) is 0 Å². The summed E-state index contributed by atoms with van der Waals surface area (Å²) in [6.07, 6.45) is 6.34. The van der Waals surface area contributed by atoms with Crippen molar-refractivity contribution in [2.45, 2.75) is 30.9 Å². The van der Waals surface area contributed by atoms with Crippen LogP contribution in [-0.4, -0.2) is 25.9 Å². The summed E-state index contributed by atoms with van der Waals surface area (Å²) in [5.41, 5.74) is 2.43. The molecule has 26 heavy (non-hydrogen) atoms. The van der Waals surface area contributed by atoms with Gasteiger partial charge < -0.3 is 5.32 Å². The van der Waals surface area contributed by atoms with E-state index < -0.39 is 0 Å². The molecular weight excluding hydrogens is 344 g/mol. The fraction of sp³-hybridized carbons (Fsp3) is 0.250. The van der Waals surface area contributed by atoms with Gasteiger partial charge >= 0.3 is 0 Å². The van der Waals surface area contributed by atoms with Gasteiger partial charge in [-0.3, -0.25) is 14.5 Å². The van der Waals surface area contributed by atoms with Crippen molar-refractivity contribution in [2.75, 3.05) is 5.32 Å². The Morgan fingerprint density at radius 1 is 1.12 bits per heavy atom. The molecule has 0 bridgehead atoms. The zero-order chi connectivity index (χ0) is 18.2. The smallest absolute Gasteiger partial charge is 0.238 e. The molecular formula is C20H22N4OS. The second-order valence-electron chi connectivity index (χ2n) is 6.00. The van der Waals surface area contributed by atoms with Crippen molar-refractivity contribution >= 4 is 23.5 Å². The molecule has 0 aliphatic rings. The lowest BCUT2D eigenvalue weighted by molar-refractivity contribution is -0.115. The highest BCUT2D eigenvalue weighted by Crippen LogP contribution is 2.18. The van der Waals surface area contributed by atoms with E-state index in [2.05, 4.69) is 27.5 Å². The number of hydrogen-bond acceptors (Lipinski definition) is 4. The first-order valence-corrected chi connectivity index (χ1v) is 9.64. The quantitative estimate of drug-likeness (QED) is 0.659. The second-order valence-corrected chi connectivity index (χ2v) is 7.33. The molecule has 1 aromatic carbocycles. The number of amides is 1. The number of benzene rings is 1. The number of carbonyl (C=O) groups excluding carboxylic acids is 1. The maximum absolute atomic E-state index is 12.3. The normalized spacial score (nSPS) is 11.9. The van der Waals surface area contributed by atoms with Crippen LogP contribution in [0.25, 0.3) is 0 Å². The van der Waals surface area contributed by atoms with Crippen LogP contribution >= 0.6 is 11.8 Å². The third-order valence-electron chi connectivity index (χ3n) is 3.98. The van der Waals surface area contributed by atoms with Gasteiger partial charge in [-0.25, -0.2) is 0 Å². The Bertz CT molecular complexity index is 820. The molecule has 0 fully saturated rings. The maximum atomic E-state index is 12.3. The molecule has 0 saturated carbocycles. The number of anilines is 1. The van der Waals surface area contributed by atoms with Crippen LogP contribution in [0.1, 0.15) is 18.1 Å². The Kier molecular flexibility index (Phi) is 6.44. The van der Waals surface area contributed by atoms with Gasteiger partial charge in [-0.15, -0.1) is 11.8 Å². The molecule has 1 atom stereocenters. The van der Waals surface area contributed by atoms with E-state index in [0.29, 0.717) is 5.82 Å². The fourth-order valence-corrected chi connectivity index (χ4v) is 3.29. The van der Waals surface area contributed by atoms with Crippen LogP contribution in [0.15, 0.2) is 67.1 Å². The second kappa shape index (κ2) is 9.20. The molecule has 0 aliphatic heterocycles. The van der Waals surface area contributed by atoms with Gasteiger partial charge in [0.15, 0.2) is 5.82 Å². The van der Waals surface area contributed by atoms with Gasteiger partial charge in [-0.1, -0.05) is 30.3 Å². The van der Waals surface area contributed by atoms with Crippen LogP contribution in [-0.2, 0) is 23.5 Å². The summed E-state index contributed by atoms with van der Waals surface area (Å²) < 4.78 is 1.85. The predicted molar refractivity (Wildman–Crippen MR) is 106 cm³/mol. The van der Waals surface area contributed by atoms with Crippen molar-refractivity contribution in [3.05, 3.63) is 78.2 Å². The Balaban J connectivity index is 1.46. The fourth-order valence-electron chi connectivity index (χ4n) is 2.44. The molecule has 3 rings (SSSR count). The first-order valence-electron chi connectivity index (χ1n) is 8.59. The van der Waals surface area contributed by atoms with Crippen molar-refractivity contribution in [1.82, 2.24) is 14.8 Å². The van der Waals surface area contributed by atoms with E-state index in [4.69, 9.17) is 0 Å². The van der Waals surface area contributed by atoms with E-state index in [1.807, 2.05) is 54.2 Å². The number of carbonyl (C=O) groups is 1. The van der Waals surface area contributed by atoms with Crippen molar-refractivity contribution in [2.24, 2.45) is 0 Å². The molecule has 3 aromatic rings. The van der Waals surface area contributed by atoms with E-state index in [1.165, 1.54) is 11.1 Å². The topological polar surface area (TPSA) is 59.8 Å². The molecule has 0 aliphatic carbocycles. The van der Waals surface area contributed by atoms with Gasteiger partial charge in [0.2, 0.25) is 5.91 Å². The van der Waals surface area contributed by atoms with E-state index in [-0.39, 0.29) is 11.2 Å². The molecule has 2 heterocycles. The van der Waals surface area contributed by atoms with Crippen LogP contribution in [0.4, 0.5) is 5.82 Å². The van der Waals surface area contributed by atoms with Gasteiger partial charge in [-0.05, 0) is 36.6 Å². The number of hydrogen-bond donors (Lipinski definition) is 1. The number of pyridine rings is 1. The van der Waals surface area contributed by atoms with Crippen molar-refractivity contribution in [3.8, 4) is 0 Å². The minimum Gasteiger partial charge on any atom is -0.308 e. The Morgan fingerprint density at radius 2 is 1.88 bits per heavy atom. The summed E-state index contributed by atoms with van der Waals surface area (Å²) in [5.74, 6) is 1.39. The first kappa shape index (κ1) is 18.2. The van der Waals surface area contributed by atoms with Crippen LogP contribution in [0, 0.1) is 0 Å². The van der Waals surface area contributed by atoms with Crippen LogP contribution in [0.5, 0.6) is 0 Å². The van der Waals surface area contributed by atoms with Crippen molar-refractivity contribution in [1.29, 1.82) is 0 Å². The van der Waals surface area contributed by atoms with E-state index in [9.17, 15) is 4.79 Å². The van der Waals surface area contributed by atoms with Gasteiger partial charge in [0.1, 0.15) is 0 Å². The maximum Gasteiger partial charge on any atom is 0.238 e. The number of aromatic nitrogens is 3. The molecule has 134 valence electrons. The molecule has 0 spiro atoms. The van der Waals surface area contributed by atoms with Gasteiger partial charge in [0, 0.05) is 37.0 Å². The summed E-state index contributed by atoms with van der Waals surface area (Å²) in [7, 11) is 0. The SMILES string of the molecule is CC(SCc1ccccc1)C(=O)Nc1ccn(CCc2ccncc2)n1. The van der Waals surface area contributed by atoms with Gasteiger partial charge in [0.05, 0.1) is 5.25 Å². The molecule has 5 nitrogen and oxygen atoms in total. The number of nitrogens with one attached hydrogen (secondary N) is 1. The summed E-state index contributed by atoms with van der Waals surface area (Å²) >= 11 is 1.62. The number of nitrogens with zero attached hydrogens (tertiary/aromatic N) is 3. The number of thioether (sulfide) groups is 1. The van der Waals surface area contributed by atoms with Crippen molar-refractivity contribution in [3.63, 3.8) is 0 Å². The van der Waals surface area contributed by atoms with Crippen molar-refractivity contribution < 1.29 is 4.79 Å². The van der Waals surface area contributed by atoms with Crippen LogP contribution in [0.3, 0.4) is 0 Å². The zero-order valence-electron chi connectivity index (χ0n) is 14.7. The number of aryl methyl sites for hydroxylation is 2. The Morgan fingerprint density at radius 3 is 2.65 bits per heavy atom. The molecule has 0 saturated heterocycles. The van der Waals surface area contributed by atoms with Gasteiger partial charge in [-0.2, -0.15) is 5.10 Å². The highest BCUT2D eigenvalue weighted by atomic mass is 32.2. The average Bonchev–Trinajstić information content (AvgIpc) is 3.13. The first-order chi connectivity index (χ1) is 12.7. The summed E-state index contributed by atoms with van der Waals surface area (Å²) in [4.78, 5) is 16.4. The lowest BCUT2D eigenvalue weighted by Gasteiger charge is -2.10. The standard InChI is InChI=1S/C20H22N4OS/c1-16(26-15-18-5-3-2-4-6-18)20(25)22-19-10-14-24(23-19)13-9-17-7-11-21-12-8-17/h2-8,10-12,14,16H,9,13,15H2,1H3,(H,22,23,25). The van der Waals surface area contributed by atoms with E-state index in [0.717, 1.165) is 18.7 Å². The molecule has 1 amide bonds. The zero-order valence-corrected chi connectivity index (χ0v) is 15.5. The van der Waals surface area contributed by atoms with Crippen LogP contribution < -0.4 is 5.32 Å². The largest absolute Gasteiger partial charge is 0.308 e. The molecule has 1 unspecified atom stereocenters. The molecule has 1 N–H and O–H groups in total. The monoisotopic (exact) mass is 366 g/mol. The molecule has 6 heteroatoms. The highest BCUT2D eigenvalue weighted by molar-refractivity contribution is 7.99. The lowest BCUT2D eigenvalue weighted by atomic mass is 10.2. The summed E-state index contributed by atoms with van der Waals surface area (Å²) in [6, 6.07) is 16.0. The molecule has 0 radical (unpaired) electrons. The third kappa shape index (κ3) is 5.46. The molecule has 2 aromatic heterocycles. The predicted octanol–water partition coefficient (Wildman–Crippen LogP) is 3.78. The lowest BCUT2D eigenvalue weighted by Crippen LogP contribution is -2.23. The summed E-state index contributed by atoms with van der Waals surface area (Å²) in [6.45, 7) is 2.68. The highest BCUT2D eigenvalue weighted by Gasteiger charge is 2.14.